The number of hydrogen-bond donors (Lipinski definition) is 2. The zero-order valence-electron chi connectivity index (χ0n) is 11.0. The highest BCUT2D eigenvalue weighted by molar-refractivity contribution is 6.31. The fraction of sp³-hybridized carbons (Fsp3) is 0.143. The van der Waals surface area contributed by atoms with Gasteiger partial charge in [-0.05, 0) is 29.8 Å². The van der Waals surface area contributed by atoms with Crippen molar-refractivity contribution in [2.24, 2.45) is 10.9 Å². The number of hydrogen-bond acceptors (Lipinski definition) is 4. The Morgan fingerprint density at radius 3 is 2.90 bits per heavy atom. The number of halogens is 1. The van der Waals surface area contributed by atoms with Crippen LogP contribution in [0.15, 0.2) is 47.9 Å². The van der Waals surface area contributed by atoms with E-state index in [9.17, 15) is 0 Å². The molecule has 1 heterocycles. The van der Waals surface area contributed by atoms with E-state index in [4.69, 9.17) is 22.5 Å². The maximum absolute atomic E-state index is 8.85. The number of nitrogens with two attached hydrogens (primary N) is 1. The second-order valence-corrected chi connectivity index (χ2v) is 4.80. The number of rotatable bonds is 4. The lowest BCUT2D eigenvalue weighted by Gasteiger charge is -2.22. The van der Waals surface area contributed by atoms with E-state index in [1.165, 1.54) is 0 Å². The Hall–Kier alpha value is -2.27. The van der Waals surface area contributed by atoms with E-state index < -0.39 is 0 Å². The number of anilines is 1. The molecule has 6 heteroatoms. The van der Waals surface area contributed by atoms with Crippen LogP contribution < -0.4 is 10.6 Å². The summed E-state index contributed by atoms with van der Waals surface area (Å²) in [4.78, 5) is 6.05. The first-order valence-corrected chi connectivity index (χ1v) is 6.37. The Bertz CT molecular complexity index is 616. The van der Waals surface area contributed by atoms with E-state index in [-0.39, 0.29) is 5.84 Å². The van der Waals surface area contributed by atoms with Crippen LogP contribution in [0.3, 0.4) is 0 Å². The first-order chi connectivity index (χ1) is 9.61. The van der Waals surface area contributed by atoms with Gasteiger partial charge in [0.25, 0.3) is 0 Å². The van der Waals surface area contributed by atoms with E-state index in [0.29, 0.717) is 17.1 Å². The summed E-state index contributed by atoms with van der Waals surface area (Å²) in [5, 5.41) is 12.5. The summed E-state index contributed by atoms with van der Waals surface area (Å²) in [7, 11) is 1.91. The van der Waals surface area contributed by atoms with Crippen LogP contribution in [0.4, 0.5) is 5.69 Å². The van der Waals surface area contributed by atoms with Gasteiger partial charge in [-0.3, -0.25) is 4.98 Å². The Balaban J connectivity index is 2.33. The normalized spacial score (nSPS) is 11.4. The van der Waals surface area contributed by atoms with E-state index in [1.54, 1.807) is 30.6 Å². The van der Waals surface area contributed by atoms with Crippen molar-refractivity contribution in [1.29, 1.82) is 0 Å². The van der Waals surface area contributed by atoms with Gasteiger partial charge < -0.3 is 15.8 Å². The molecule has 3 N–H and O–H groups in total. The largest absolute Gasteiger partial charge is 0.409 e. The van der Waals surface area contributed by atoms with Gasteiger partial charge in [0.2, 0.25) is 0 Å². The summed E-state index contributed by atoms with van der Waals surface area (Å²) in [6.45, 7) is 0.639. The maximum Gasteiger partial charge on any atom is 0.172 e. The van der Waals surface area contributed by atoms with Crippen LogP contribution in [0, 0.1) is 0 Å². The molecule has 0 aliphatic rings. The molecule has 0 aliphatic heterocycles. The van der Waals surface area contributed by atoms with Crippen molar-refractivity contribution in [2.75, 3.05) is 11.9 Å². The van der Waals surface area contributed by atoms with Gasteiger partial charge in [-0.15, -0.1) is 0 Å². The van der Waals surface area contributed by atoms with Crippen molar-refractivity contribution < 1.29 is 5.21 Å². The monoisotopic (exact) mass is 290 g/mol. The molecule has 0 bridgehead atoms. The summed E-state index contributed by atoms with van der Waals surface area (Å²) in [6.07, 6.45) is 3.52. The zero-order valence-corrected chi connectivity index (χ0v) is 11.7. The highest BCUT2D eigenvalue weighted by Crippen LogP contribution is 2.25. The van der Waals surface area contributed by atoms with Crippen molar-refractivity contribution in [3.8, 4) is 0 Å². The molecule has 5 nitrogen and oxygen atoms in total. The zero-order chi connectivity index (χ0) is 14.5. The fourth-order valence-corrected chi connectivity index (χ4v) is 2.11. The Kier molecular flexibility index (Phi) is 4.42. The summed E-state index contributed by atoms with van der Waals surface area (Å²) >= 11 is 6.03. The predicted octanol–water partition coefficient (Wildman–Crippen LogP) is 2.47. The van der Waals surface area contributed by atoms with E-state index in [0.717, 1.165) is 11.3 Å². The number of nitrogens with zero attached hydrogens (tertiary/aromatic N) is 3. The summed E-state index contributed by atoms with van der Waals surface area (Å²) in [5.41, 5.74) is 8.17. The Labute approximate surface area is 122 Å². The summed E-state index contributed by atoms with van der Waals surface area (Å²) in [5.74, 6) is 0.0507. The molecule has 104 valence electrons. The van der Waals surface area contributed by atoms with Crippen molar-refractivity contribution in [3.63, 3.8) is 0 Å². The molecule has 0 radical (unpaired) electrons. The van der Waals surface area contributed by atoms with Gasteiger partial charge >= 0.3 is 0 Å². The highest BCUT2D eigenvalue weighted by Gasteiger charge is 2.12. The number of oxime groups is 1. The van der Waals surface area contributed by atoms with E-state index >= 15 is 0 Å². The van der Waals surface area contributed by atoms with Crippen LogP contribution in [0.1, 0.15) is 11.1 Å². The van der Waals surface area contributed by atoms with Crippen LogP contribution in [-0.4, -0.2) is 23.1 Å². The van der Waals surface area contributed by atoms with Crippen LogP contribution >= 0.6 is 11.6 Å². The van der Waals surface area contributed by atoms with Crippen molar-refractivity contribution >= 4 is 23.1 Å². The topological polar surface area (TPSA) is 74.7 Å². The quantitative estimate of drug-likeness (QED) is 0.393. The van der Waals surface area contributed by atoms with Crippen LogP contribution in [0.2, 0.25) is 5.02 Å². The highest BCUT2D eigenvalue weighted by atomic mass is 35.5. The third-order valence-corrected chi connectivity index (χ3v) is 3.13. The second-order valence-electron chi connectivity index (χ2n) is 4.36. The molecule has 2 aromatic rings. The molecule has 0 atom stereocenters. The second kappa shape index (κ2) is 6.25. The molecule has 0 aliphatic carbocycles. The molecule has 1 aromatic carbocycles. The first kappa shape index (κ1) is 14.1. The predicted molar refractivity (Wildman–Crippen MR) is 80.3 cm³/mol. The summed E-state index contributed by atoms with van der Waals surface area (Å²) in [6, 6.07) is 9.08. The first-order valence-electron chi connectivity index (χ1n) is 5.99. The third kappa shape index (κ3) is 3.19. The van der Waals surface area contributed by atoms with E-state index in [1.807, 2.05) is 24.1 Å². The van der Waals surface area contributed by atoms with Gasteiger partial charge in [0.05, 0.1) is 0 Å². The lowest BCUT2D eigenvalue weighted by molar-refractivity contribution is 0.318. The van der Waals surface area contributed by atoms with Gasteiger partial charge in [0.15, 0.2) is 5.84 Å². The van der Waals surface area contributed by atoms with Gasteiger partial charge in [0, 0.05) is 42.3 Å². The standard InChI is InChI=1S/C14H15ClN4O/c1-19(9-10-3-2-6-17-8-10)13-7-11(15)4-5-12(13)14(16)18-20/h2-8,20H,9H2,1H3,(H2,16,18). The van der Waals surface area contributed by atoms with Crippen molar-refractivity contribution in [2.45, 2.75) is 6.54 Å². The third-order valence-electron chi connectivity index (χ3n) is 2.90. The molecule has 0 saturated carbocycles. The average molecular weight is 291 g/mol. The minimum Gasteiger partial charge on any atom is -0.409 e. The molecular weight excluding hydrogens is 276 g/mol. The van der Waals surface area contributed by atoms with Gasteiger partial charge in [-0.1, -0.05) is 22.8 Å². The van der Waals surface area contributed by atoms with Gasteiger partial charge in [-0.25, -0.2) is 0 Å². The van der Waals surface area contributed by atoms with Crippen LogP contribution in [0.25, 0.3) is 0 Å². The number of amidine groups is 1. The SMILES string of the molecule is CN(Cc1cccnc1)c1cc(Cl)ccc1C(N)=NO. The Morgan fingerprint density at radius 1 is 1.45 bits per heavy atom. The molecule has 0 spiro atoms. The molecule has 0 saturated heterocycles. The molecule has 0 amide bonds. The minimum atomic E-state index is 0.0507. The molecule has 20 heavy (non-hydrogen) atoms. The number of pyridine rings is 1. The fourth-order valence-electron chi connectivity index (χ4n) is 1.94. The molecule has 1 aromatic heterocycles. The molecular formula is C14H15ClN4O. The molecule has 2 rings (SSSR count). The van der Waals surface area contributed by atoms with Gasteiger partial charge in [-0.2, -0.15) is 0 Å². The van der Waals surface area contributed by atoms with Crippen molar-refractivity contribution in [3.05, 3.63) is 58.9 Å². The molecule has 0 fully saturated rings. The lowest BCUT2D eigenvalue weighted by Crippen LogP contribution is -2.22. The van der Waals surface area contributed by atoms with Gasteiger partial charge in [0.1, 0.15) is 0 Å². The smallest absolute Gasteiger partial charge is 0.172 e. The van der Waals surface area contributed by atoms with Crippen LogP contribution in [-0.2, 0) is 6.54 Å². The molecule has 0 unspecified atom stereocenters. The Morgan fingerprint density at radius 2 is 2.25 bits per heavy atom. The van der Waals surface area contributed by atoms with Crippen molar-refractivity contribution in [1.82, 2.24) is 4.98 Å². The maximum atomic E-state index is 8.85. The minimum absolute atomic E-state index is 0.0507. The van der Waals surface area contributed by atoms with E-state index in [2.05, 4.69) is 10.1 Å². The number of aromatic nitrogens is 1. The average Bonchev–Trinajstić information content (AvgIpc) is 2.47. The lowest BCUT2D eigenvalue weighted by atomic mass is 10.1. The van der Waals surface area contributed by atoms with Crippen LogP contribution in [0.5, 0.6) is 0 Å². The summed E-state index contributed by atoms with van der Waals surface area (Å²) < 4.78 is 0. The number of benzene rings is 1.